The van der Waals surface area contributed by atoms with E-state index in [1.165, 1.54) is 0 Å². The molecule has 6 nitrogen and oxygen atoms in total. The summed E-state index contributed by atoms with van der Waals surface area (Å²) in [5, 5.41) is 9.61. The zero-order valence-electron chi connectivity index (χ0n) is 27.6. The van der Waals surface area contributed by atoms with Crippen molar-refractivity contribution in [3.8, 4) is 17.6 Å². The number of imidazole rings is 1. The average Bonchev–Trinajstić information content (AvgIpc) is 3.51. The Hall–Kier alpha value is -5.39. The van der Waals surface area contributed by atoms with E-state index < -0.39 is 11.4 Å². The number of hydrogen-bond acceptors (Lipinski definition) is 5. The fourth-order valence-electron chi connectivity index (χ4n) is 6.23. The van der Waals surface area contributed by atoms with Gasteiger partial charge in [-0.2, -0.15) is 5.26 Å². The maximum atomic E-state index is 16.4. The molecule has 0 spiro atoms. The minimum Gasteiger partial charge on any atom is -0.494 e. The Balaban J connectivity index is 1.66. The van der Waals surface area contributed by atoms with Crippen molar-refractivity contribution in [3.05, 3.63) is 172 Å². The van der Waals surface area contributed by atoms with Crippen LogP contribution in [-0.2, 0) is 12.1 Å². The van der Waals surface area contributed by atoms with Crippen LogP contribution in [0.4, 0.5) is 16.0 Å². The Bertz CT molecular complexity index is 1950. The van der Waals surface area contributed by atoms with E-state index in [9.17, 15) is 5.26 Å². The number of nitrogens with zero attached hydrogens (tertiary/aromatic N) is 4. The summed E-state index contributed by atoms with van der Waals surface area (Å²) < 4.78 is 30.9. The predicted octanol–water partition coefficient (Wildman–Crippen LogP) is 10.0. The van der Waals surface area contributed by atoms with Crippen molar-refractivity contribution in [2.75, 3.05) is 11.5 Å². The summed E-state index contributed by atoms with van der Waals surface area (Å²) in [6, 6.07) is 43.6. The first-order valence-electron chi connectivity index (χ1n) is 16.2. The molecule has 8 heteroatoms. The van der Waals surface area contributed by atoms with Gasteiger partial charge in [0.2, 0.25) is 5.95 Å². The fraction of sp³-hybridized carbons (Fsp3) is 0.171. The van der Waals surface area contributed by atoms with Gasteiger partial charge in [-0.1, -0.05) is 91.0 Å². The van der Waals surface area contributed by atoms with E-state index in [1.807, 2.05) is 98.6 Å². The first-order chi connectivity index (χ1) is 23.8. The van der Waals surface area contributed by atoms with E-state index in [1.54, 1.807) is 24.3 Å². The number of rotatable bonds is 12. The lowest BCUT2D eigenvalue weighted by atomic mass is 9.76. The number of hydrogen-bond donors (Lipinski definition) is 0. The predicted molar refractivity (Wildman–Crippen MR) is 195 cm³/mol. The topological polar surface area (TPSA) is 63.3 Å². The number of aromatic nitrogens is 2. The van der Waals surface area contributed by atoms with Crippen LogP contribution in [0.2, 0.25) is 0 Å². The largest absolute Gasteiger partial charge is 0.494 e. The van der Waals surface area contributed by atoms with E-state index in [0.29, 0.717) is 39.7 Å². The highest BCUT2D eigenvalue weighted by Gasteiger charge is 2.41. The summed E-state index contributed by atoms with van der Waals surface area (Å²) in [5.41, 5.74) is 3.72. The molecule has 0 radical (unpaired) electrons. The summed E-state index contributed by atoms with van der Waals surface area (Å²) in [6.45, 7) is 6.10. The zero-order valence-corrected chi connectivity index (χ0v) is 29.1. The van der Waals surface area contributed by atoms with E-state index in [2.05, 4.69) is 63.0 Å². The molecular formula is C41H36BrFN4O2. The van der Waals surface area contributed by atoms with Gasteiger partial charge in [0, 0.05) is 23.5 Å². The first kappa shape index (κ1) is 33.5. The molecule has 0 unspecified atom stereocenters. The summed E-state index contributed by atoms with van der Waals surface area (Å²) in [6.07, 6.45) is 1.73. The quantitative estimate of drug-likeness (QED) is 0.118. The Kier molecular flexibility index (Phi) is 10.1. The highest BCUT2D eigenvalue weighted by molar-refractivity contribution is 9.10. The maximum absolute atomic E-state index is 16.4. The number of anilines is 2. The first-order valence-corrected chi connectivity index (χ1v) is 17.0. The third-order valence-electron chi connectivity index (χ3n) is 8.23. The second-order valence-electron chi connectivity index (χ2n) is 11.8. The number of nitriles is 1. The van der Waals surface area contributed by atoms with E-state index in [4.69, 9.17) is 14.5 Å². The van der Waals surface area contributed by atoms with E-state index in [-0.39, 0.29) is 18.4 Å². The molecule has 6 aromatic rings. The molecule has 0 fully saturated rings. The van der Waals surface area contributed by atoms with Gasteiger partial charge in [-0.25, -0.2) is 9.37 Å². The van der Waals surface area contributed by atoms with Crippen LogP contribution in [-0.4, -0.2) is 22.3 Å². The Morgan fingerprint density at radius 1 is 0.857 bits per heavy atom. The molecule has 49 heavy (non-hydrogen) atoms. The number of ether oxygens (including phenoxy) is 2. The number of benzene rings is 5. The van der Waals surface area contributed by atoms with E-state index in [0.717, 1.165) is 16.7 Å². The van der Waals surface area contributed by atoms with Crippen molar-refractivity contribution in [2.24, 2.45) is 0 Å². The molecule has 246 valence electrons. The van der Waals surface area contributed by atoms with Gasteiger partial charge in [0.25, 0.3) is 0 Å². The minimum atomic E-state index is -0.902. The maximum Gasteiger partial charge on any atom is 0.212 e. The Morgan fingerprint density at radius 3 is 1.90 bits per heavy atom. The van der Waals surface area contributed by atoms with Gasteiger partial charge in [0.05, 0.1) is 30.9 Å². The summed E-state index contributed by atoms with van der Waals surface area (Å²) in [5.74, 6) is 0.688. The second-order valence-corrected chi connectivity index (χ2v) is 12.6. The molecular weight excluding hydrogens is 679 g/mol. The monoisotopic (exact) mass is 714 g/mol. The van der Waals surface area contributed by atoms with Gasteiger partial charge in [-0.05, 0) is 83.7 Å². The molecule has 6 rings (SSSR count). The molecule has 1 aromatic heterocycles. The van der Waals surface area contributed by atoms with Gasteiger partial charge in [0.1, 0.15) is 15.9 Å². The van der Waals surface area contributed by atoms with Crippen molar-refractivity contribution in [2.45, 2.75) is 39.0 Å². The van der Waals surface area contributed by atoms with Crippen LogP contribution in [0.1, 0.15) is 48.6 Å². The third kappa shape index (κ3) is 6.81. The van der Waals surface area contributed by atoms with Crippen LogP contribution in [0.3, 0.4) is 0 Å². The van der Waals surface area contributed by atoms with Gasteiger partial charge < -0.3 is 14.4 Å². The van der Waals surface area contributed by atoms with Crippen molar-refractivity contribution in [3.63, 3.8) is 0 Å². The molecule has 0 saturated carbocycles. The number of halogens is 2. The SMILES string of the molecule is CCOc1cc(CN(c2ccc(C#N)cc2)c2nc(Br)cn2C(c2ccccc2)(c2ccccc2)c2ccccc2)c(F)c(OC(C)C)c1. The fourth-order valence-corrected chi connectivity index (χ4v) is 6.59. The Labute approximate surface area is 295 Å². The second kappa shape index (κ2) is 14.8. The lowest BCUT2D eigenvalue weighted by Gasteiger charge is -2.40. The van der Waals surface area contributed by atoms with Gasteiger partial charge in [0.15, 0.2) is 11.6 Å². The molecule has 0 amide bonds. The van der Waals surface area contributed by atoms with E-state index >= 15 is 4.39 Å². The van der Waals surface area contributed by atoms with Crippen molar-refractivity contribution < 1.29 is 13.9 Å². The van der Waals surface area contributed by atoms with Crippen molar-refractivity contribution in [1.82, 2.24) is 9.55 Å². The third-order valence-corrected chi connectivity index (χ3v) is 8.62. The molecule has 0 bridgehead atoms. The lowest BCUT2D eigenvalue weighted by Crippen LogP contribution is -2.39. The zero-order chi connectivity index (χ0) is 34.4. The minimum absolute atomic E-state index is 0.0744. The summed E-state index contributed by atoms with van der Waals surface area (Å²) >= 11 is 3.71. The lowest BCUT2D eigenvalue weighted by molar-refractivity contribution is 0.228. The van der Waals surface area contributed by atoms with Crippen molar-refractivity contribution in [1.29, 1.82) is 5.26 Å². The van der Waals surface area contributed by atoms with Gasteiger partial charge in [-0.15, -0.1) is 0 Å². The van der Waals surface area contributed by atoms with Gasteiger partial charge in [-0.3, -0.25) is 4.57 Å². The van der Waals surface area contributed by atoms with Crippen LogP contribution < -0.4 is 14.4 Å². The highest BCUT2D eigenvalue weighted by Crippen LogP contribution is 2.45. The molecule has 0 atom stereocenters. The van der Waals surface area contributed by atoms with Crippen LogP contribution in [0.15, 0.2) is 138 Å². The molecule has 0 N–H and O–H groups in total. The highest BCUT2D eigenvalue weighted by atomic mass is 79.9. The summed E-state index contributed by atoms with van der Waals surface area (Å²) in [7, 11) is 0. The molecule has 5 aromatic carbocycles. The normalized spacial score (nSPS) is 11.3. The van der Waals surface area contributed by atoms with Crippen LogP contribution in [0.5, 0.6) is 11.5 Å². The van der Waals surface area contributed by atoms with Crippen LogP contribution >= 0.6 is 15.9 Å². The molecule has 0 aliphatic rings. The molecule has 1 heterocycles. The molecule has 0 aliphatic heterocycles. The smallest absolute Gasteiger partial charge is 0.212 e. The summed E-state index contributed by atoms with van der Waals surface area (Å²) in [4.78, 5) is 7.04. The standard InChI is InChI=1S/C41H36BrFN4O2/c1-4-48-36-24-31(39(43)37(25-36)49-29(2)3)27-46(35-22-20-30(26-44)21-23-35)40-45-38(42)28-47(40)41(32-14-8-5-9-15-32,33-16-10-6-11-17-33)34-18-12-7-13-19-34/h5-25,28-29H,4,27H2,1-3H3. The van der Waals surface area contributed by atoms with Crippen molar-refractivity contribution >= 4 is 27.6 Å². The average molecular weight is 716 g/mol. The van der Waals surface area contributed by atoms with Crippen LogP contribution in [0.25, 0.3) is 0 Å². The molecule has 0 saturated heterocycles. The Morgan fingerprint density at radius 2 is 1.41 bits per heavy atom. The van der Waals surface area contributed by atoms with Gasteiger partial charge >= 0.3 is 0 Å². The van der Waals surface area contributed by atoms with Crippen LogP contribution in [0, 0.1) is 17.1 Å². The molecule has 0 aliphatic carbocycles.